The molecule has 0 spiro atoms. The molecule has 0 aromatic carbocycles. The molecule has 472 valence electrons. The summed E-state index contributed by atoms with van der Waals surface area (Å²) >= 11 is 0. The first-order chi connectivity index (χ1) is 39.5. The van der Waals surface area contributed by atoms with Crippen molar-refractivity contribution < 1.29 is 28.6 Å². The van der Waals surface area contributed by atoms with Gasteiger partial charge in [0.15, 0.2) is 6.10 Å². The maximum absolute atomic E-state index is 13.0. The third-order valence-electron chi connectivity index (χ3n) is 16.7. The molecule has 0 fully saturated rings. The number of carbonyl (C=O) groups is 3. The molecule has 0 aromatic heterocycles. The van der Waals surface area contributed by atoms with Gasteiger partial charge >= 0.3 is 17.9 Å². The van der Waals surface area contributed by atoms with Crippen LogP contribution in [-0.2, 0) is 28.6 Å². The van der Waals surface area contributed by atoms with Crippen LogP contribution >= 0.6 is 0 Å². The van der Waals surface area contributed by atoms with Gasteiger partial charge in [-0.05, 0) is 70.6 Å². The number of ether oxygens (including phenoxy) is 3. The summed E-state index contributed by atoms with van der Waals surface area (Å²) in [5.41, 5.74) is 0. The molecule has 0 heterocycles. The second-order valence-corrected chi connectivity index (χ2v) is 24.9. The summed E-state index contributed by atoms with van der Waals surface area (Å²) in [4.78, 5) is 38.5. The highest BCUT2D eigenvalue weighted by molar-refractivity contribution is 5.71. The van der Waals surface area contributed by atoms with Crippen LogP contribution < -0.4 is 0 Å². The van der Waals surface area contributed by atoms with E-state index in [1.165, 1.54) is 315 Å². The van der Waals surface area contributed by atoms with Crippen molar-refractivity contribution in [3.05, 3.63) is 24.3 Å². The van der Waals surface area contributed by atoms with E-state index in [0.717, 1.165) is 57.8 Å². The van der Waals surface area contributed by atoms with E-state index in [-0.39, 0.29) is 31.1 Å². The fraction of sp³-hybridized carbons (Fsp3) is 0.905. The number of esters is 3. The van der Waals surface area contributed by atoms with Gasteiger partial charge in [-0.15, -0.1) is 0 Å². The molecule has 0 saturated heterocycles. The van der Waals surface area contributed by atoms with E-state index in [1.807, 2.05) is 0 Å². The van der Waals surface area contributed by atoms with E-state index in [2.05, 4.69) is 45.1 Å². The van der Waals surface area contributed by atoms with Crippen molar-refractivity contribution in [2.75, 3.05) is 13.2 Å². The summed E-state index contributed by atoms with van der Waals surface area (Å²) < 4.78 is 17.0. The van der Waals surface area contributed by atoms with E-state index in [4.69, 9.17) is 14.2 Å². The zero-order valence-corrected chi connectivity index (χ0v) is 54.4. The van der Waals surface area contributed by atoms with Crippen molar-refractivity contribution in [1.82, 2.24) is 0 Å². The largest absolute Gasteiger partial charge is 0.462 e. The van der Waals surface area contributed by atoms with E-state index in [1.54, 1.807) is 0 Å². The number of unbranched alkanes of at least 4 members (excludes halogenated alkanes) is 53. The van der Waals surface area contributed by atoms with Gasteiger partial charge in [0.1, 0.15) is 13.2 Å². The van der Waals surface area contributed by atoms with Crippen molar-refractivity contribution in [2.24, 2.45) is 0 Å². The fourth-order valence-corrected chi connectivity index (χ4v) is 11.2. The standard InChI is InChI=1S/C74H140O6/c1-4-7-10-13-16-19-22-25-28-31-34-36-37-39-40-43-46-49-52-55-58-61-64-67-73(76)79-70-71(69-78-72(75)66-63-60-57-54-51-48-45-42-33-30-27-24-21-18-15-12-9-6-3)80-74(77)68-65-62-59-56-53-50-47-44-41-38-35-32-29-26-23-20-17-14-11-8-5-2/h30,32-33,35,71H,4-29,31,34,36-70H2,1-3H3/b33-30-,35-32-. The Morgan fingerprint density at radius 2 is 0.412 bits per heavy atom. The fourth-order valence-electron chi connectivity index (χ4n) is 11.2. The van der Waals surface area contributed by atoms with Gasteiger partial charge in [0.25, 0.3) is 0 Å². The molecular formula is C74H140O6. The summed E-state index contributed by atoms with van der Waals surface area (Å²) in [6.07, 6.45) is 84.9. The zero-order valence-electron chi connectivity index (χ0n) is 54.4. The Balaban J connectivity index is 4.30. The highest BCUT2D eigenvalue weighted by Gasteiger charge is 2.19. The molecule has 0 rings (SSSR count). The molecule has 6 nitrogen and oxygen atoms in total. The minimum Gasteiger partial charge on any atom is -0.462 e. The van der Waals surface area contributed by atoms with Crippen molar-refractivity contribution in [3.63, 3.8) is 0 Å². The Hall–Kier alpha value is -2.11. The highest BCUT2D eigenvalue weighted by atomic mass is 16.6. The van der Waals surface area contributed by atoms with E-state index in [9.17, 15) is 14.4 Å². The molecule has 0 aliphatic heterocycles. The lowest BCUT2D eigenvalue weighted by Crippen LogP contribution is -2.30. The van der Waals surface area contributed by atoms with Gasteiger partial charge in [0.2, 0.25) is 0 Å². The molecule has 0 saturated carbocycles. The van der Waals surface area contributed by atoms with Gasteiger partial charge in [-0.25, -0.2) is 0 Å². The normalized spacial score (nSPS) is 12.1. The molecule has 0 aromatic rings. The van der Waals surface area contributed by atoms with Gasteiger partial charge in [-0.2, -0.15) is 0 Å². The number of carbonyl (C=O) groups excluding carboxylic acids is 3. The van der Waals surface area contributed by atoms with Crippen molar-refractivity contribution in [3.8, 4) is 0 Å². The maximum Gasteiger partial charge on any atom is 0.306 e. The third kappa shape index (κ3) is 66.7. The van der Waals surface area contributed by atoms with E-state index in [0.29, 0.717) is 19.3 Å². The Bertz CT molecular complexity index is 1290. The van der Waals surface area contributed by atoms with Crippen LogP contribution in [0.15, 0.2) is 24.3 Å². The predicted molar refractivity (Wildman–Crippen MR) is 349 cm³/mol. The SMILES string of the molecule is CCCCCCCCC/C=C\CCCCCCCCCC(=O)OCC(COC(=O)CCCCCCCCCCCCCCCCCCCCCCCCC)OC(=O)CCCCCCCCCCC/C=C\CCCCCCCCCC. The predicted octanol–water partition coefficient (Wildman–Crippen LogP) is 25.0. The Labute approximate surface area is 500 Å². The van der Waals surface area contributed by atoms with Crippen LogP contribution in [0, 0.1) is 0 Å². The first-order valence-corrected chi connectivity index (χ1v) is 36.3. The molecule has 1 atom stereocenters. The van der Waals surface area contributed by atoms with Gasteiger partial charge < -0.3 is 14.2 Å². The quantitative estimate of drug-likeness (QED) is 0.0261. The van der Waals surface area contributed by atoms with Gasteiger partial charge in [-0.3, -0.25) is 14.4 Å². The summed E-state index contributed by atoms with van der Waals surface area (Å²) in [5, 5.41) is 0. The van der Waals surface area contributed by atoms with Crippen LogP contribution in [0.5, 0.6) is 0 Å². The average molecular weight is 1130 g/mol. The molecule has 0 amide bonds. The number of hydrogen-bond acceptors (Lipinski definition) is 6. The van der Waals surface area contributed by atoms with Crippen LogP contribution in [0.1, 0.15) is 412 Å². The molecule has 80 heavy (non-hydrogen) atoms. The number of hydrogen-bond donors (Lipinski definition) is 0. The summed E-state index contributed by atoms with van der Waals surface area (Å²) in [7, 11) is 0. The molecule has 0 radical (unpaired) electrons. The number of rotatable bonds is 68. The second-order valence-electron chi connectivity index (χ2n) is 24.9. The minimum atomic E-state index is -0.773. The topological polar surface area (TPSA) is 78.9 Å². The molecule has 0 N–H and O–H groups in total. The second kappa shape index (κ2) is 69.4. The van der Waals surface area contributed by atoms with Crippen molar-refractivity contribution in [1.29, 1.82) is 0 Å². The van der Waals surface area contributed by atoms with Crippen LogP contribution in [0.25, 0.3) is 0 Å². The minimum absolute atomic E-state index is 0.0677. The van der Waals surface area contributed by atoms with Gasteiger partial charge in [0.05, 0.1) is 0 Å². The lowest BCUT2D eigenvalue weighted by Gasteiger charge is -2.18. The molecule has 6 heteroatoms. The zero-order chi connectivity index (χ0) is 57.8. The first kappa shape index (κ1) is 77.9. The highest BCUT2D eigenvalue weighted by Crippen LogP contribution is 2.19. The average Bonchev–Trinajstić information content (AvgIpc) is 3.46. The van der Waals surface area contributed by atoms with Crippen LogP contribution in [0.2, 0.25) is 0 Å². The Morgan fingerprint density at radius 1 is 0.237 bits per heavy atom. The summed E-state index contributed by atoms with van der Waals surface area (Å²) in [5.74, 6) is -0.840. The van der Waals surface area contributed by atoms with Crippen molar-refractivity contribution in [2.45, 2.75) is 419 Å². The first-order valence-electron chi connectivity index (χ1n) is 36.3. The molecular weight excluding hydrogens is 985 g/mol. The van der Waals surface area contributed by atoms with Gasteiger partial charge in [-0.1, -0.05) is 347 Å². The lowest BCUT2D eigenvalue weighted by molar-refractivity contribution is -0.167. The summed E-state index contributed by atoms with van der Waals surface area (Å²) in [6.45, 7) is 6.72. The molecule has 0 bridgehead atoms. The van der Waals surface area contributed by atoms with Crippen LogP contribution in [0.3, 0.4) is 0 Å². The van der Waals surface area contributed by atoms with Crippen LogP contribution in [-0.4, -0.2) is 37.2 Å². The third-order valence-corrected chi connectivity index (χ3v) is 16.7. The van der Waals surface area contributed by atoms with Gasteiger partial charge in [0, 0.05) is 19.3 Å². The summed E-state index contributed by atoms with van der Waals surface area (Å²) in [6, 6.07) is 0. The van der Waals surface area contributed by atoms with Crippen LogP contribution in [0.4, 0.5) is 0 Å². The molecule has 1 unspecified atom stereocenters. The Morgan fingerprint density at radius 3 is 0.625 bits per heavy atom. The molecule has 0 aliphatic carbocycles. The van der Waals surface area contributed by atoms with Crippen molar-refractivity contribution >= 4 is 17.9 Å². The number of allylic oxidation sites excluding steroid dienone is 4. The smallest absolute Gasteiger partial charge is 0.306 e. The van der Waals surface area contributed by atoms with E-state index >= 15 is 0 Å². The Kier molecular flexibility index (Phi) is 67.6. The monoisotopic (exact) mass is 1130 g/mol. The lowest BCUT2D eigenvalue weighted by atomic mass is 10.0. The molecule has 0 aliphatic rings. The maximum atomic E-state index is 13.0. The van der Waals surface area contributed by atoms with E-state index < -0.39 is 6.10 Å².